The fourth-order valence-corrected chi connectivity index (χ4v) is 5.47. The van der Waals surface area contributed by atoms with E-state index in [1.807, 2.05) is 22.7 Å². The van der Waals surface area contributed by atoms with Crippen molar-refractivity contribution in [3.05, 3.63) is 70.5 Å². The number of hydrogen-bond donors (Lipinski definition) is 0. The summed E-state index contributed by atoms with van der Waals surface area (Å²) >= 11 is 9.01. The molecule has 3 aromatic heterocycles. The standard InChI is InChI=1S/C18H11BrS3/c19-13-5-3-12(4-6-13)14-7-8-17(21-14)18-10-9-16(22-18)15-2-1-11-20-15/h1-11H. The summed E-state index contributed by atoms with van der Waals surface area (Å²) < 4.78 is 1.12. The molecule has 0 fully saturated rings. The Bertz CT molecular complexity index is 883. The van der Waals surface area contributed by atoms with Gasteiger partial charge in [0.05, 0.1) is 0 Å². The molecule has 4 rings (SSSR count). The molecule has 4 aromatic rings. The summed E-state index contributed by atoms with van der Waals surface area (Å²) in [6, 6.07) is 21.7. The summed E-state index contributed by atoms with van der Waals surface area (Å²) in [6.07, 6.45) is 0. The molecule has 0 aliphatic carbocycles. The Labute approximate surface area is 149 Å². The van der Waals surface area contributed by atoms with E-state index in [2.05, 4.69) is 82.0 Å². The van der Waals surface area contributed by atoms with Crippen LogP contribution in [0.15, 0.2) is 70.5 Å². The van der Waals surface area contributed by atoms with Crippen LogP contribution >= 0.6 is 49.9 Å². The van der Waals surface area contributed by atoms with Crippen LogP contribution in [0.2, 0.25) is 0 Å². The van der Waals surface area contributed by atoms with Gasteiger partial charge in [-0.25, -0.2) is 0 Å². The Hall–Kier alpha value is -1.20. The highest BCUT2D eigenvalue weighted by Gasteiger charge is 2.09. The first-order valence-electron chi connectivity index (χ1n) is 6.79. The van der Waals surface area contributed by atoms with Crippen LogP contribution < -0.4 is 0 Å². The van der Waals surface area contributed by atoms with Crippen molar-refractivity contribution in [2.45, 2.75) is 0 Å². The van der Waals surface area contributed by atoms with Gasteiger partial charge in [-0.1, -0.05) is 34.1 Å². The predicted octanol–water partition coefficient (Wildman–Crippen LogP) is 7.63. The molecule has 0 amide bonds. The van der Waals surface area contributed by atoms with Crippen molar-refractivity contribution in [3.63, 3.8) is 0 Å². The maximum Gasteiger partial charge on any atom is 0.0449 e. The summed E-state index contributed by atoms with van der Waals surface area (Å²) in [7, 11) is 0. The van der Waals surface area contributed by atoms with Gasteiger partial charge >= 0.3 is 0 Å². The molecule has 0 aliphatic heterocycles. The first-order valence-corrected chi connectivity index (χ1v) is 10.1. The van der Waals surface area contributed by atoms with Crippen LogP contribution in [0.3, 0.4) is 0 Å². The highest BCUT2D eigenvalue weighted by atomic mass is 79.9. The molecule has 0 saturated carbocycles. The number of rotatable bonds is 3. The Balaban J connectivity index is 1.65. The molecule has 1 aromatic carbocycles. The van der Waals surface area contributed by atoms with Gasteiger partial charge in [-0.05, 0) is 53.4 Å². The second kappa shape index (κ2) is 6.13. The zero-order valence-electron chi connectivity index (χ0n) is 11.5. The van der Waals surface area contributed by atoms with Crippen molar-refractivity contribution in [2.75, 3.05) is 0 Å². The van der Waals surface area contributed by atoms with Crippen LogP contribution in [0, 0.1) is 0 Å². The molecule has 0 radical (unpaired) electrons. The molecular formula is C18H11BrS3. The van der Waals surface area contributed by atoms with Gasteiger partial charge in [0, 0.05) is 28.9 Å². The Morgan fingerprint density at radius 3 is 1.82 bits per heavy atom. The molecule has 22 heavy (non-hydrogen) atoms. The molecule has 0 atom stereocenters. The lowest BCUT2D eigenvalue weighted by atomic mass is 10.2. The van der Waals surface area contributed by atoms with E-state index in [1.54, 1.807) is 11.3 Å². The number of thiophene rings is 3. The molecule has 0 unspecified atom stereocenters. The number of benzene rings is 1. The summed E-state index contributed by atoms with van der Waals surface area (Å²) in [5.74, 6) is 0. The normalized spacial score (nSPS) is 11.0. The molecule has 0 nitrogen and oxygen atoms in total. The van der Waals surface area contributed by atoms with Crippen LogP contribution in [-0.2, 0) is 0 Å². The zero-order chi connectivity index (χ0) is 14.9. The molecule has 4 heteroatoms. The van der Waals surface area contributed by atoms with Crippen molar-refractivity contribution >= 4 is 49.9 Å². The van der Waals surface area contributed by atoms with Gasteiger partial charge in [-0.2, -0.15) is 0 Å². The first kappa shape index (κ1) is 14.4. The Morgan fingerprint density at radius 2 is 1.18 bits per heavy atom. The van der Waals surface area contributed by atoms with E-state index in [1.165, 1.54) is 29.9 Å². The van der Waals surface area contributed by atoms with Gasteiger partial charge < -0.3 is 0 Å². The Morgan fingerprint density at radius 1 is 0.591 bits per heavy atom. The minimum Gasteiger partial charge on any atom is -0.143 e. The maximum atomic E-state index is 3.49. The summed E-state index contributed by atoms with van der Waals surface area (Å²) in [5, 5.41) is 2.13. The zero-order valence-corrected chi connectivity index (χ0v) is 15.5. The van der Waals surface area contributed by atoms with Gasteiger partial charge in [0.25, 0.3) is 0 Å². The molecule has 108 valence electrons. The van der Waals surface area contributed by atoms with E-state index in [0.29, 0.717) is 0 Å². The average Bonchev–Trinajstić information content (AvgIpc) is 3.27. The lowest BCUT2D eigenvalue weighted by molar-refractivity contribution is 1.65. The van der Waals surface area contributed by atoms with E-state index in [0.717, 1.165) is 4.47 Å². The van der Waals surface area contributed by atoms with Gasteiger partial charge in [0.15, 0.2) is 0 Å². The smallest absolute Gasteiger partial charge is 0.0449 e. The molecule has 3 heterocycles. The molecule has 0 spiro atoms. The summed E-state index contributed by atoms with van der Waals surface area (Å²) in [4.78, 5) is 6.69. The largest absolute Gasteiger partial charge is 0.143 e. The third-order valence-electron chi connectivity index (χ3n) is 3.35. The van der Waals surface area contributed by atoms with Crippen molar-refractivity contribution in [3.8, 4) is 29.9 Å². The predicted molar refractivity (Wildman–Crippen MR) is 104 cm³/mol. The second-order valence-electron chi connectivity index (χ2n) is 4.81. The van der Waals surface area contributed by atoms with E-state index in [9.17, 15) is 0 Å². The number of halogens is 1. The second-order valence-corrected chi connectivity index (χ2v) is 8.84. The lowest BCUT2D eigenvalue weighted by Crippen LogP contribution is -1.70. The first-order chi connectivity index (χ1) is 10.8. The van der Waals surface area contributed by atoms with Gasteiger partial charge in [0.2, 0.25) is 0 Å². The molecule has 0 aliphatic rings. The lowest BCUT2D eigenvalue weighted by Gasteiger charge is -1.97. The van der Waals surface area contributed by atoms with Crippen molar-refractivity contribution in [1.82, 2.24) is 0 Å². The van der Waals surface area contributed by atoms with Gasteiger partial charge in [-0.3, -0.25) is 0 Å². The molecule has 0 bridgehead atoms. The highest BCUT2D eigenvalue weighted by Crippen LogP contribution is 2.41. The minimum atomic E-state index is 1.12. The minimum absolute atomic E-state index is 1.12. The average molecular weight is 403 g/mol. The van der Waals surface area contributed by atoms with E-state index in [-0.39, 0.29) is 0 Å². The van der Waals surface area contributed by atoms with E-state index < -0.39 is 0 Å². The van der Waals surface area contributed by atoms with Crippen LogP contribution in [-0.4, -0.2) is 0 Å². The topological polar surface area (TPSA) is 0 Å². The SMILES string of the molecule is Brc1ccc(-c2ccc(-c3ccc(-c4cccs4)s3)s2)cc1. The van der Waals surface area contributed by atoms with Crippen molar-refractivity contribution < 1.29 is 0 Å². The Kier molecular flexibility index (Phi) is 4.01. The summed E-state index contributed by atoms with van der Waals surface area (Å²) in [6.45, 7) is 0. The van der Waals surface area contributed by atoms with Crippen molar-refractivity contribution in [2.24, 2.45) is 0 Å². The van der Waals surface area contributed by atoms with E-state index in [4.69, 9.17) is 0 Å². The third-order valence-corrected chi connectivity index (χ3v) is 7.36. The molecule has 0 saturated heterocycles. The van der Waals surface area contributed by atoms with Crippen LogP contribution in [0.5, 0.6) is 0 Å². The summed E-state index contributed by atoms with van der Waals surface area (Å²) in [5.41, 5.74) is 1.27. The number of hydrogen-bond acceptors (Lipinski definition) is 3. The van der Waals surface area contributed by atoms with Gasteiger partial charge in [-0.15, -0.1) is 34.0 Å². The highest BCUT2D eigenvalue weighted by molar-refractivity contribution is 9.10. The van der Waals surface area contributed by atoms with Crippen molar-refractivity contribution in [1.29, 1.82) is 0 Å². The fourth-order valence-electron chi connectivity index (χ4n) is 2.26. The van der Waals surface area contributed by atoms with Crippen LogP contribution in [0.25, 0.3) is 29.9 Å². The van der Waals surface area contributed by atoms with Crippen LogP contribution in [0.4, 0.5) is 0 Å². The molecule has 0 N–H and O–H groups in total. The third kappa shape index (κ3) is 2.84. The van der Waals surface area contributed by atoms with E-state index >= 15 is 0 Å². The monoisotopic (exact) mass is 402 g/mol. The maximum absolute atomic E-state index is 3.49. The fraction of sp³-hybridized carbons (Fsp3) is 0. The quantitative estimate of drug-likeness (QED) is 0.330. The molecular weight excluding hydrogens is 392 g/mol. The van der Waals surface area contributed by atoms with Crippen LogP contribution in [0.1, 0.15) is 0 Å². The van der Waals surface area contributed by atoms with Gasteiger partial charge in [0.1, 0.15) is 0 Å².